The average molecular weight is 380 g/mol. The van der Waals surface area contributed by atoms with E-state index in [1.165, 1.54) is 6.20 Å². The molecule has 2 aromatic carbocycles. The quantitative estimate of drug-likeness (QED) is 0.571. The molecule has 0 saturated carbocycles. The van der Waals surface area contributed by atoms with Crippen LogP contribution in [0.5, 0.6) is 0 Å². The molecule has 0 unspecified atom stereocenters. The van der Waals surface area contributed by atoms with Crippen molar-refractivity contribution in [3.8, 4) is 28.6 Å². The summed E-state index contributed by atoms with van der Waals surface area (Å²) in [5, 5.41) is 16.6. The molecule has 29 heavy (non-hydrogen) atoms. The van der Waals surface area contributed by atoms with Gasteiger partial charge in [0.25, 0.3) is 0 Å². The molecular formula is C22H16N6O. The van der Waals surface area contributed by atoms with Gasteiger partial charge in [-0.25, -0.2) is 4.98 Å². The number of benzene rings is 2. The molecule has 0 saturated heterocycles. The van der Waals surface area contributed by atoms with Crippen LogP contribution in [0.1, 0.15) is 5.69 Å². The lowest BCUT2D eigenvalue weighted by molar-refractivity contribution is -0.116. The van der Waals surface area contributed by atoms with Gasteiger partial charge in [0.2, 0.25) is 5.91 Å². The summed E-state index contributed by atoms with van der Waals surface area (Å²) in [4.78, 5) is 20.6. The maximum absolute atomic E-state index is 12.2. The van der Waals surface area contributed by atoms with Crippen molar-refractivity contribution in [1.29, 1.82) is 5.26 Å². The highest BCUT2D eigenvalue weighted by Crippen LogP contribution is 2.25. The largest absolute Gasteiger partial charge is 0.324 e. The molecule has 1 amide bonds. The second-order valence-electron chi connectivity index (χ2n) is 6.26. The van der Waals surface area contributed by atoms with Gasteiger partial charge in [-0.3, -0.25) is 14.5 Å². The van der Waals surface area contributed by atoms with Gasteiger partial charge in [0.15, 0.2) is 5.69 Å². The Bertz CT molecular complexity index is 1190. The first-order valence-electron chi connectivity index (χ1n) is 8.93. The van der Waals surface area contributed by atoms with Crippen LogP contribution >= 0.6 is 0 Å². The van der Waals surface area contributed by atoms with Gasteiger partial charge in [0, 0.05) is 35.4 Å². The Hall–Kier alpha value is -4.31. The van der Waals surface area contributed by atoms with E-state index >= 15 is 0 Å². The minimum absolute atomic E-state index is 0.108. The predicted molar refractivity (Wildman–Crippen MR) is 108 cm³/mol. The smallest absolute Gasteiger partial charge is 0.246 e. The molecule has 0 aliphatic heterocycles. The van der Waals surface area contributed by atoms with Crippen LogP contribution in [-0.4, -0.2) is 25.7 Å². The number of hydrogen-bond donors (Lipinski definition) is 1. The number of nitriles is 1. The van der Waals surface area contributed by atoms with Gasteiger partial charge in [0.1, 0.15) is 18.3 Å². The average Bonchev–Trinajstić information content (AvgIpc) is 3.23. The van der Waals surface area contributed by atoms with E-state index in [0.29, 0.717) is 5.69 Å². The molecule has 1 N–H and O–H groups in total. The molecule has 4 rings (SSSR count). The number of carbonyl (C=O) groups is 1. The molecule has 2 heterocycles. The second kappa shape index (κ2) is 8.15. The van der Waals surface area contributed by atoms with Gasteiger partial charge in [-0.15, -0.1) is 0 Å². The predicted octanol–water partition coefficient (Wildman–Crippen LogP) is 3.52. The van der Waals surface area contributed by atoms with E-state index in [4.69, 9.17) is 0 Å². The lowest BCUT2D eigenvalue weighted by Crippen LogP contribution is -2.18. The highest BCUT2D eigenvalue weighted by Gasteiger charge is 2.11. The SMILES string of the molecule is N#Cc1nccnc1-c1cccc(-c2ccn(CC(=O)Nc3ccccc3)n2)c1. The van der Waals surface area contributed by atoms with Gasteiger partial charge >= 0.3 is 0 Å². The van der Waals surface area contributed by atoms with E-state index < -0.39 is 0 Å². The van der Waals surface area contributed by atoms with Gasteiger partial charge < -0.3 is 5.32 Å². The number of amides is 1. The lowest BCUT2D eigenvalue weighted by Gasteiger charge is -2.06. The van der Waals surface area contributed by atoms with E-state index in [1.807, 2.05) is 60.7 Å². The normalized spacial score (nSPS) is 10.3. The fourth-order valence-electron chi connectivity index (χ4n) is 2.93. The van der Waals surface area contributed by atoms with Crippen LogP contribution in [0.25, 0.3) is 22.5 Å². The molecule has 0 fully saturated rings. The number of para-hydroxylation sites is 1. The molecule has 0 atom stereocenters. The van der Waals surface area contributed by atoms with Crippen LogP contribution in [-0.2, 0) is 11.3 Å². The molecule has 4 aromatic rings. The Labute approximate surface area is 167 Å². The first kappa shape index (κ1) is 18.1. The summed E-state index contributed by atoms with van der Waals surface area (Å²) in [6.07, 6.45) is 4.81. The molecule has 0 aliphatic rings. The Kier molecular flexibility index (Phi) is 5.08. The van der Waals surface area contributed by atoms with E-state index in [1.54, 1.807) is 17.1 Å². The molecular weight excluding hydrogens is 364 g/mol. The number of rotatable bonds is 5. The molecule has 7 nitrogen and oxygen atoms in total. The summed E-state index contributed by atoms with van der Waals surface area (Å²) in [6.45, 7) is 0.108. The first-order valence-corrected chi connectivity index (χ1v) is 8.93. The molecule has 2 aromatic heterocycles. The van der Waals surface area contributed by atoms with Crippen molar-refractivity contribution in [3.05, 3.63) is 84.9 Å². The Balaban J connectivity index is 1.53. The number of carbonyl (C=O) groups excluding carboxylic acids is 1. The summed E-state index contributed by atoms with van der Waals surface area (Å²) in [5.74, 6) is -0.155. The molecule has 140 valence electrons. The van der Waals surface area contributed by atoms with Crippen molar-refractivity contribution in [2.45, 2.75) is 6.54 Å². The van der Waals surface area contributed by atoms with Gasteiger partial charge in [0.05, 0.1) is 5.69 Å². The maximum Gasteiger partial charge on any atom is 0.246 e. The summed E-state index contributed by atoms with van der Waals surface area (Å²) in [7, 11) is 0. The molecule has 0 radical (unpaired) electrons. The molecule has 7 heteroatoms. The third-order valence-corrected chi connectivity index (χ3v) is 4.24. The third kappa shape index (κ3) is 4.17. The Morgan fingerprint density at radius 3 is 2.62 bits per heavy atom. The highest BCUT2D eigenvalue weighted by molar-refractivity contribution is 5.90. The van der Waals surface area contributed by atoms with Crippen LogP contribution in [0.3, 0.4) is 0 Å². The Morgan fingerprint density at radius 2 is 1.79 bits per heavy atom. The number of nitrogens with zero attached hydrogens (tertiary/aromatic N) is 5. The zero-order valence-corrected chi connectivity index (χ0v) is 15.4. The number of anilines is 1. The van der Waals surface area contributed by atoms with Crippen molar-refractivity contribution in [3.63, 3.8) is 0 Å². The van der Waals surface area contributed by atoms with Crippen LogP contribution in [0, 0.1) is 11.3 Å². The van der Waals surface area contributed by atoms with E-state index in [9.17, 15) is 10.1 Å². The van der Waals surface area contributed by atoms with Gasteiger partial charge in [-0.1, -0.05) is 36.4 Å². The van der Waals surface area contributed by atoms with Crippen molar-refractivity contribution >= 4 is 11.6 Å². The monoisotopic (exact) mass is 380 g/mol. The number of nitrogens with one attached hydrogen (secondary N) is 1. The number of hydrogen-bond acceptors (Lipinski definition) is 5. The summed E-state index contributed by atoms with van der Waals surface area (Å²) in [6, 6.07) is 20.8. The van der Waals surface area contributed by atoms with Gasteiger partial charge in [-0.05, 0) is 24.3 Å². The van der Waals surface area contributed by atoms with Crippen molar-refractivity contribution in [1.82, 2.24) is 19.7 Å². The van der Waals surface area contributed by atoms with Crippen LogP contribution in [0.4, 0.5) is 5.69 Å². The zero-order chi connectivity index (χ0) is 20.1. The summed E-state index contributed by atoms with van der Waals surface area (Å²) < 4.78 is 1.59. The van der Waals surface area contributed by atoms with Gasteiger partial charge in [-0.2, -0.15) is 10.4 Å². The van der Waals surface area contributed by atoms with Crippen LogP contribution < -0.4 is 5.32 Å². The third-order valence-electron chi connectivity index (χ3n) is 4.24. The van der Waals surface area contributed by atoms with Crippen molar-refractivity contribution in [2.75, 3.05) is 5.32 Å². The Morgan fingerprint density at radius 1 is 1.00 bits per heavy atom. The van der Waals surface area contributed by atoms with Crippen molar-refractivity contribution < 1.29 is 4.79 Å². The standard InChI is InChI=1S/C22H16N6O/c23-14-20-22(25-11-10-24-20)17-6-4-5-16(13-17)19-9-12-28(27-19)15-21(29)26-18-7-2-1-3-8-18/h1-13H,15H2,(H,26,29). The highest BCUT2D eigenvalue weighted by atomic mass is 16.2. The van der Waals surface area contributed by atoms with Crippen LogP contribution in [0.2, 0.25) is 0 Å². The molecule has 0 aliphatic carbocycles. The summed E-state index contributed by atoms with van der Waals surface area (Å²) >= 11 is 0. The molecule has 0 spiro atoms. The van der Waals surface area contributed by atoms with Crippen molar-refractivity contribution in [2.24, 2.45) is 0 Å². The minimum Gasteiger partial charge on any atom is -0.324 e. The van der Waals surface area contributed by atoms with Crippen LogP contribution in [0.15, 0.2) is 79.3 Å². The maximum atomic E-state index is 12.2. The fourth-order valence-corrected chi connectivity index (χ4v) is 2.93. The minimum atomic E-state index is -0.155. The number of aromatic nitrogens is 4. The van der Waals surface area contributed by atoms with E-state index in [0.717, 1.165) is 22.5 Å². The lowest BCUT2D eigenvalue weighted by atomic mass is 10.0. The van der Waals surface area contributed by atoms with E-state index in [2.05, 4.69) is 26.5 Å². The zero-order valence-electron chi connectivity index (χ0n) is 15.4. The first-order chi connectivity index (χ1) is 14.2. The fraction of sp³-hybridized carbons (Fsp3) is 0.0455. The topological polar surface area (TPSA) is 96.5 Å². The van der Waals surface area contributed by atoms with E-state index in [-0.39, 0.29) is 18.1 Å². The molecule has 0 bridgehead atoms. The second-order valence-corrected chi connectivity index (χ2v) is 6.26. The summed E-state index contributed by atoms with van der Waals surface area (Å²) in [5.41, 5.74) is 3.91.